The number of rotatable bonds is 3. The van der Waals surface area contributed by atoms with E-state index in [4.69, 9.17) is 5.73 Å². The highest BCUT2D eigenvalue weighted by Gasteiger charge is 2.19. The Kier molecular flexibility index (Phi) is 4.45. The molecule has 0 unspecified atom stereocenters. The van der Waals surface area contributed by atoms with Crippen LogP contribution < -0.4 is 10.6 Å². The van der Waals surface area contributed by atoms with Gasteiger partial charge in [-0.2, -0.15) is 0 Å². The summed E-state index contributed by atoms with van der Waals surface area (Å²) in [6.45, 7) is 4.51. The number of anilines is 2. The second kappa shape index (κ2) is 6.09. The second-order valence-corrected chi connectivity index (χ2v) is 5.37. The van der Waals surface area contributed by atoms with Gasteiger partial charge in [-0.25, -0.2) is 0 Å². The monoisotopic (exact) mass is 332 g/mol. The third-order valence-electron chi connectivity index (χ3n) is 3.17. The number of hydrogen-bond donors (Lipinski definition) is 1. The first-order chi connectivity index (χ1) is 9.54. The van der Waals surface area contributed by atoms with Crippen LogP contribution in [0, 0.1) is 6.92 Å². The van der Waals surface area contributed by atoms with Gasteiger partial charge in [0.1, 0.15) is 0 Å². The van der Waals surface area contributed by atoms with E-state index in [0.29, 0.717) is 17.8 Å². The van der Waals surface area contributed by atoms with Gasteiger partial charge in [-0.3, -0.25) is 4.79 Å². The number of benzene rings is 2. The highest BCUT2D eigenvalue weighted by Crippen LogP contribution is 2.25. The number of halogens is 1. The van der Waals surface area contributed by atoms with E-state index in [2.05, 4.69) is 15.9 Å². The summed E-state index contributed by atoms with van der Waals surface area (Å²) in [5.41, 5.74) is 8.96. The maximum Gasteiger partial charge on any atom is 0.259 e. The summed E-state index contributed by atoms with van der Waals surface area (Å²) in [5, 5.41) is 0. The van der Waals surface area contributed by atoms with Gasteiger partial charge in [0, 0.05) is 22.4 Å². The van der Waals surface area contributed by atoms with Crippen molar-refractivity contribution in [2.75, 3.05) is 17.2 Å². The van der Waals surface area contributed by atoms with Crippen LogP contribution >= 0.6 is 15.9 Å². The normalized spacial score (nSPS) is 10.3. The summed E-state index contributed by atoms with van der Waals surface area (Å²) in [6.07, 6.45) is 0. The van der Waals surface area contributed by atoms with Crippen molar-refractivity contribution in [1.82, 2.24) is 0 Å². The molecule has 0 aromatic heterocycles. The van der Waals surface area contributed by atoms with Crippen molar-refractivity contribution in [3.63, 3.8) is 0 Å². The largest absolute Gasteiger partial charge is 0.399 e. The molecule has 2 aromatic rings. The fraction of sp³-hybridized carbons (Fsp3) is 0.188. The van der Waals surface area contributed by atoms with Gasteiger partial charge in [0.25, 0.3) is 5.91 Å². The van der Waals surface area contributed by atoms with Crippen LogP contribution in [0.5, 0.6) is 0 Å². The quantitative estimate of drug-likeness (QED) is 0.863. The zero-order chi connectivity index (χ0) is 14.7. The van der Waals surface area contributed by atoms with Crippen LogP contribution in [0.2, 0.25) is 0 Å². The Balaban J connectivity index is 2.42. The highest BCUT2D eigenvalue weighted by molar-refractivity contribution is 9.10. The summed E-state index contributed by atoms with van der Waals surface area (Å²) >= 11 is 3.49. The molecule has 4 heteroatoms. The molecule has 2 aromatic carbocycles. The predicted octanol–water partition coefficient (Wildman–Crippen LogP) is 4.01. The van der Waals surface area contributed by atoms with Gasteiger partial charge in [0.05, 0.1) is 5.56 Å². The van der Waals surface area contributed by atoms with E-state index in [-0.39, 0.29) is 5.91 Å². The van der Waals surface area contributed by atoms with Gasteiger partial charge in [-0.05, 0) is 59.6 Å². The molecule has 0 radical (unpaired) electrons. The molecule has 104 valence electrons. The molecule has 0 atom stereocenters. The maximum atomic E-state index is 12.7. The van der Waals surface area contributed by atoms with Crippen molar-refractivity contribution >= 4 is 33.2 Å². The minimum Gasteiger partial charge on any atom is -0.399 e. The Hall–Kier alpha value is -1.81. The molecule has 0 fully saturated rings. The number of hydrogen-bond acceptors (Lipinski definition) is 2. The molecule has 0 aliphatic heterocycles. The molecule has 0 bridgehead atoms. The van der Waals surface area contributed by atoms with Crippen LogP contribution in [0.1, 0.15) is 22.8 Å². The van der Waals surface area contributed by atoms with Gasteiger partial charge in [0.15, 0.2) is 0 Å². The molecule has 0 saturated heterocycles. The number of carbonyl (C=O) groups excluding carboxylic acids is 1. The molecule has 2 N–H and O–H groups in total. The third-order valence-corrected chi connectivity index (χ3v) is 4.22. The Labute approximate surface area is 127 Å². The number of nitrogens with zero attached hydrogens (tertiary/aromatic N) is 1. The maximum absolute atomic E-state index is 12.7. The fourth-order valence-corrected chi connectivity index (χ4v) is 2.53. The molecule has 0 aliphatic carbocycles. The van der Waals surface area contributed by atoms with E-state index in [0.717, 1.165) is 15.7 Å². The Morgan fingerprint density at radius 1 is 1.25 bits per heavy atom. The van der Waals surface area contributed by atoms with Crippen LogP contribution in [0.3, 0.4) is 0 Å². The fourth-order valence-electron chi connectivity index (χ4n) is 2.09. The molecule has 2 rings (SSSR count). The van der Waals surface area contributed by atoms with Crippen LogP contribution in [0.25, 0.3) is 0 Å². The Morgan fingerprint density at radius 3 is 2.60 bits per heavy atom. The molecule has 3 nitrogen and oxygen atoms in total. The van der Waals surface area contributed by atoms with E-state index in [9.17, 15) is 4.79 Å². The average Bonchev–Trinajstić information content (AvgIpc) is 2.42. The minimum absolute atomic E-state index is 0.0336. The second-order valence-electron chi connectivity index (χ2n) is 4.58. The Morgan fingerprint density at radius 2 is 1.95 bits per heavy atom. The third kappa shape index (κ3) is 2.85. The van der Waals surface area contributed by atoms with Crippen molar-refractivity contribution in [2.24, 2.45) is 0 Å². The smallest absolute Gasteiger partial charge is 0.259 e. The van der Waals surface area contributed by atoms with Crippen molar-refractivity contribution in [3.8, 4) is 0 Å². The molecule has 0 saturated carbocycles. The molecule has 0 aliphatic rings. The van der Waals surface area contributed by atoms with Gasteiger partial charge < -0.3 is 10.6 Å². The molecule has 0 heterocycles. The number of aryl methyl sites for hydroxylation is 1. The van der Waals surface area contributed by atoms with E-state index in [1.807, 2.05) is 56.3 Å². The minimum atomic E-state index is -0.0336. The lowest BCUT2D eigenvalue weighted by Gasteiger charge is -2.22. The SMILES string of the molecule is CCN(C(=O)c1cccc(C)c1Br)c1cccc(N)c1. The van der Waals surface area contributed by atoms with Crippen LogP contribution in [-0.4, -0.2) is 12.5 Å². The van der Waals surface area contributed by atoms with E-state index in [1.165, 1.54) is 0 Å². The Bertz CT molecular complexity index is 640. The first-order valence-corrected chi connectivity index (χ1v) is 7.26. The summed E-state index contributed by atoms with van der Waals surface area (Å²) in [4.78, 5) is 14.4. The van der Waals surface area contributed by atoms with E-state index >= 15 is 0 Å². The highest BCUT2D eigenvalue weighted by atomic mass is 79.9. The van der Waals surface area contributed by atoms with Gasteiger partial charge >= 0.3 is 0 Å². The van der Waals surface area contributed by atoms with Crippen LogP contribution in [0.15, 0.2) is 46.9 Å². The lowest BCUT2D eigenvalue weighted by molar-refractivity contribution is 0.0987. The molecular weight excluding hydrogens is 316 g/mol. The van der Waals surface area contributed by atoms with E-state index < -0.39 is 0 Å². The zero-order valence-corrected chi connectivity index (χ0v) is 13.1. The van der Waals surface area contributed by atoms with E-state index in [1.54, 1.807) is 4.90 Å². The van der Waals surface area contributed by atoms with Crippen molar-refractivity contribution < 1.29 is 4.79 Å². The van der Waals surface area contributed by atoms with Crippen LogP contribution in [-0.2, 0) is 0 Å². The average molecular weight is 333 g/mol. The predicted molar refractivity (Wildman–Crippen MR) is 87.1 cm³/mol. The number of amides is 1. The number of carbonyl (C=O) groups is 1. The standard InChI is InChI=1S/C16H17BrN2O/c1-3-19(13-8-5-7-12(18)10-13)16(20)14-9-4-6-11(2)15(14)17/h4-10H,3,18H2,1-2H3. The van der Waals surface area contributed by atoms with Crippen molar-refractivity contribution in [3.05, 3.63) is 58.1 Å². The molecule has 20 heavy (non-hydrogen) atoms. The summed E-state index contributed by atoms with van der Waals surface area (Å²) in [6, 6.07) is 13.1. The van der Waals surface area contributed by atoms with Gasteiger partial charge in [0.2, 0.25) is 0 Å². The lowest BCUT2D eigenvalue weighted by Crippen LogP contribution is -2.31. The van der Waals surface area contributed by atoms with Gasteiger partial charge in [-0.1, -0.05) is 18.2 Å². The number of nitrogens with two attached hydrogens (primary N) is 1. The summed E-state index contributed by atoms with van der Waals surface area (Å²) in [5.74, 6) is -0.0336. The van der Waals surface area contributed by atoms with Crippen molar-refractivity contribution in [1.29, 1.82) is 0 Å². The lowest BCUT2D eigenvalue weighted by atomic mass is 10.1. The molecular formula is C16H17BrN2O. The first kappa shape index (κ1) is 14.6. The van der Waals surface area contributed by atoms with Crippen molar-refractivity contribution in [2.45, 2.75) is 13.8 Å². The zero-order valence-electron chi connectivity index (χ0n) is 11.6. The topological polar surface area (TPSA) is 46.3 Å². The van der Waals surface area contributed by atoms with Gasteiger partial charge in [-0.15, -0.1) is 0 Å². The van der Waals surface area contributed by atoms with Crippen LogP contribution in [0.4, 0.5) is 11.4 Å². The number of nitrogen functional groups attached to an aromatic ring is 1. The molecule has 0 spiro atoms. The molecule has 1 amide bonds. The summed E-state index contributed by atoms with van der Waals surface area (Å²) in [7, 11) is 0. The summed E-state index contributed by atoms with van der Waals surface area (Å²) < 4.78 is 0.840. The first-order valence-electron chi connectivity index (χ1n) is 6.47.